The molecular formula is C8H12N6O. The van der Waals surface area contributed by atoms with Crippen LogP contribution in [0.2, 0.25) is 0 Å². The minimum Gasteiger partial charge on any atom is -0.378 e. The van der Waals surface area contributed by atoms with E-state index < -0.39 is 0 Å². The number of hydrogen-bond acceptors (Lipinski definition) is 5. The molecule has 0 N–H and O–H groups in total. The molecule has 2 aromatic rings. The van der Waals surface area contributed by atoms with Crippen LogP contribution in [0, 0.1) is 0 Å². The molecule has 2 heterocycles. The lowest BCUT2D eigenvalue weighted by atomic mass is 10.6. The van der Waals surface area contributed by atoms with Gasteiger partial charge in [0.1, 0.15) is 25.3 Å². The Morgan fingerprint density at radius 3 is 1.80 bits per heavy atom. The van der Waals surface area contributed by atoms with Gasteiger partial charge in [-0.15, -0.1) is 0 Å². The molecule has 0 fully saturated rings. The summed E-state index contributed by atoms with van der Waals surface area (Å²) in [6, 6.07) is 0. The average Bonchev–Trinajstić information content (AvgIpc) is 2.88. The Morgan fingerprint density at radius 1 is 0.867 bits per heavy atom. The Labute approximate surface area is 86.7 Å². The second-order valence-electron chi connectivity index (χ2n) is 2.93. The molecule has 7 heteroatoms. The van der Waals surface area contributed by atoms with Crippen LogP contribution >= 0.6 is 0 Å². The Balaban J connectivity index is 1.56. The first-order valence-corrected chi connectivity index (χ1v) is 4.68. The van der Waals surface area contributed by atoms with Gasteiger partial charge in [0.15, 0.2) is 0 Å². The highest BCUT2D eigenvalue weighted by Gasteiger charge is 1.93. The molecule has 7 nitrogen and oxygen atoms in total. The minimum absolute atomic E-state index is 0.623. The van der Waals surface area contributed by atoms with E-state index in [0.29, 0.717) is 13.2 Å². The Morgan fingerprint density at radius 2 is 1.40 bits per heavy atom. The molecular weight excluding hydrogens is 196 g/mol. The van der Waals surface area contributed by atoms with Crippen LogP contribution in [0.1, 0.15) is 0 Å². The van der Waals surface area contributed by atoms with Crippen molar-refractivity contribution < 1.29 is 4.74 Å². The molecule has 0 aliphatic rings. The molecule has 80 valence electrons. The highest BCUT2D eigenvalue weighted by atomic mass is 16.5. The SMILES string of the molecule is c1ncn(CCOCCn2cncn2)n1. The summed E-state index contributed by atoms with van der Waals surface area (Å²) in [4.78, 5) is 7.67. The van der Waals surface area contributed by atoms with E-state index in [-0.39, 0.29) is 0 Å². The van der Waals surface area contributed by atoms with Crippen molar-refractivity contribution in [2.75, 3.05) is 13.2 Å². The zero-order chi connectivity index (χ0) is 10.3. The Hall–Kier alpha value is -1.76. The van der Waals surface area contributed by atoms with Crippen LogP contribution in [-0.2, 0) is 17.8 Å². The maximum Gasteiger partial charge on any atom is 0.137 e. The normalized spacial score (nSPS) is 10.7. The smallest absolute Gasteiger partial charge is 0.137 e. The van der Waals surface area contributed by atoms with E-state index in [0.717, 1.165) is 13.1 Å². The van der Waals surface area contributed by atoms with Gasteiger partial charge in [-0.2, -0.15) is 10.2 Å². The van der Waals surface area contributed by atoms with Gasteiger partial charge in [0.05, 0.1) is 26.3 Å². The number of rotatable bonds is 6. The summed E-state index contributed by atoms with van der Waals surface area (Å²) in [7, 11) is 0. The van der Waals surface area contributed by atoms with E-state index in [9.17, 15) is 0 Å². The van der Waals surface area contributed by atoms with Gasteiger partial charge in [0.2, 0.25) is 0 Å². The molecule has 0 bridgehead atoms. The largest absolute Gasteiger partial charge is 0.378 e. The van der Waals surface area contributed by atoms with Crippen LogP contribution in [0.4, 0.5) is 0 Å². The molecule has 0 saturated heterocycles. The average molecular weight is 208 g/mol. The molecule has 0 amide bonds. The van der Waals surface area contributed by atoms with Gasteiger partial charge < -0.3 is 4.74 Å². The molecule has 0 spiro atoms. The quantitative estimate of drug-likeness (QED) is 0.603. The molecule has 2 aromatic heterocycles. The van der Waals surface area contributed by atoms with E-state index in [1.807, 2.05) is 0 Å². The van der Waals surface area contributed by atoms with Gasteiger partial charge in [0, 0.05) is 0 Å². The van der Waals surface area contributed by atoms with Crippen LogP contribution in [0.3, 0.4) is 0 Å². The zero-order valence-electron chi connectivity index (χ0n) is 8.23. The summed E-state index contributed by atoms with van der Waals surface area (Å²) in [6.07, 6.45) is 6.35. The van der Waals surface area contributed by atoms with Crippen LogP contribution in [0.15, 0.2) is 25.3 Å². The molecule has 0 unspecified atom stereocenters. The molecule has 0 aromatic carbocycles. The van der Waals surface area contributed by atoms with Gasteiger partial charge in [-0.1, -0.05) is 0 Å². The molecule has 15 heavy (non-hydrogen) atoms. The third kappa shape index (κ3) is 3.13. The summed E-state index contributed by atoms with van der Waals surface area (Å²) >= 11 is 0. The summed E-state index contributed by atoms with van der Waals surface area (Å²) in [6.45, 7) is 2.69. The second-order valence-corrected chi connectivity index (χ2v) is 2.93. The van der Waals surface area contributed by atoms with Crippen molar-refractivity contribution in [3.8, 4) is 0 Å². The maximum absolute atomic E-state index is 5.40. The second kappa shape index (κ2) is 5.20. The molecule has 0 saturated carbocycles. The molecule has 0 atom stereocenters. The highest BCUT2D eigenvalue weighted by Crippen LogP contribution is 1.85. The molecule has 2 rings (SSSR count). The van der Waals surface area contributed by atoms with E-state index in [1.165, 1.54) is 12.7 Å². The Kier molecular flexibility index (Phi) is 3.39. The third-order valence-electron chi connectivity index (χ3n) is 1.86. The van der Waals surface area contributed by atoms with Gasteiger partial charge in [-0.25, -0.2) is 9.97 Å². The summed E-state index contributed by atoms with van der Waals surface area (Å²) in [5.74, 6) is 0. The van der Waals surface area contributed by atoms with Crippen LogP contribution in [0.5, 0.6) is 0 Å². The molecule has 0 radical (unpaired) electrons. The fourth-order valence-electron chi connectivity index (χ4n) is 1.11. The molecule has 0 aliphatic heterocycles. The first kappa shape index (κ1) is 9.78. The third-order valence-corrected chi connectivity index (χ3v) is 1.86. The fraction of sp³-hybridized carbons (Fsp3) is 0.500. The zero-order valence-corrected chi connectivity index (χ0v) is 8.23. The highest BCUT2D eigenvalue weighted by molar-refractivity contribution is 4.56. The van der Waals surface area contributed by atoms with E-state index in [4.69, 9.17) is 4.74 Å². The van der Waals surface area contributed by atoms with Crippen molar-refractivity contribution >= 4 is 0 Å². The van der Waals surface area contributed by atoms with Crippen LogP contribution < -0.4 is 0 Å². The standard InChI is InChI=1S/C8H12N6O/c1(13-7-9-5-11-13)3-15-4-2-14-8-10-6-12-14/h5-8H,1-4H2. The fourth-order valence-corrected chi connectivity index (χ4v) is 1.11. The summed E-state index contributed by atoms with van der Waals surface area (Å²) in [5.41, 5.74) is 0. The predicted molar refractivity (Wildman–Crippen MR) is 50.9 cm³/mol. The first-order valence-electron chi connectivity index (χ1n) is 4.68. The minimum atomic E-state index is 0.623. The van der Waals surface area contributed by atoms with Gasteiger partial charge in [-0.05, 0) is 0 Å². The van der Waals surface area contributed by atoms with Crippen molar-refractivity contribution in [1.82, 2.24) is 29.5 Å². The van der Waals surface area contributed by atoms with E-state index in [2.05, 4.69) is 20.2 Å². The lowest BCUT2D eigenvalue weighted by Crippen LogP contribution is -2.11. The van der Waals surface area contributed by atoms with Crippen LogP contribution in [0.25, 0.3) is 0 Å². The first-order chi connectivity index (χ1) is 7.45. The van der Waals surface area contributed by atoms with Gasteiger partial charge in [0.25, 0.3) is 0 Å². The topological polar surface area (TPSA) is 70.7 Å². The number of hydrogen-bond donors (Lipinski definition) is 0. The van der Waals surface area contributed by atoms with Crippen molar-refractivity contribution in [1.29, 1.82) is 0 Å². The Bertz CT molecular complexity index is 320. The van der Waals surface area contributed by atoms with Crippen molar-refractivity contribution in [2.45, 2.75) is 13.1 Å². The van der Waals surface area contributed by atoms with Gasteiger partial charge in [-0.3, -0.25) is 9.36 Å². The maximum atomic E-state index is 5.40. The lowest BCUT2D eigenvalue weighted by Gasteiger charge is -2.03. The van der Waals surface area contributed by atoms with Crippen molar-refractivity contribution in [3.05, 3.63) is 25.3 Å². The van der Waals surface area contributed by atoms with Gasteiger partial charge >= 0.3 is 0 Å². The summed E-state index contributed by atoms with van der Waals surface area (Å²) in [5, 5.41) is 7.92. The molecule has 0 aliphatic carbocycles. The van der Waals surface area contributed by atoms with Crippen molar-refractivity contribution in [2.24, 2.45) is 0 Å². The van der Waals surface area contributed by atoms with E-state index >= 15 is 0 Å². The monoisotopic (exact) mass is 208 g/mol. The van der Waals surface area contributed by atoms with Crippen LogP contribution in [-0.4, -0.2) is 42.7 Å². The number of nitrogens with zero attached hydrogens (tertiary/aromatic N) is 6. The summed E-state index contributed by atoms with van der Waals surface area (Å²) < 4.78 is 8.87. The predicted octanol–water partition coefficient (Wildman–Crippen LogP) is -0.414. The number of aromatic nitrogens is 6. The lowest BCUT2D eigenvalue weighted by molar-refractivity contribution is 0.114. The number of ether oxygens (including phenoxy) is 1. The van der Waals surface area contributed by atoms with E-state index in [1.54, 1.807) is 22.0 Å². The van der Waals surface area contributed by atoms with Crippen molar-refractivity contribution in [3.63, 3.8) is 0 Å².